The highest BCUT2D eigenvalue weighted by Crippen LogP contribution is 2.34. The topological polar surface area (TPSA) is 45.5 Å². The van der Waals surface area contributed by atoms with Gasteiger partial charge in [0.05, 0.1) is 31.0 Å². The maximum Gasteiger partial charge on any atom is 0.0995 e. The zero-order valence-electron chi connectivity index (χ0n) is 13.2. The summed E-state index contributed by atoms with van der Waals surface area (Å²) in [5.41, 5.74) is 1.89. The van der Waals surface area contributed by atoms with Gasteiger partial charge in [0.25, 0.3) is 0 Å². The Morgan fingerprint density at radius 3 is 3.05 bits per heavy atom. The molecule has 22 heavy (non-hydrogen) atoms. The van der Waals surface area contributed by atoms with Gasteiger partial charge in [-0.25, -0.2) is 0 Å². The number of ether oxygens (including phenoxy) is 2. The number of hydrogen-bond donors (Lipinski definition) is 0. The van der Waals surface area contributed by atoms with Crippen LogP contribution in [0.25, 0.3) is 0 Å². The molecule has 1 aromatic rings. The minimum Gasteiger partial charge on any atom is -0.381 e. The lowest BCUT2D eigenvalue weighted by Crippen LogP contribution is -2.50. The Morgan fingerprint density at radius 2 is 2.23 bits per heavy atom. The maximum absolute atomic E-state index is 9.29. The Hall–Kier alpha value is -1.41. The first-order valence-electron chi connectivity index (χ1n) is 8.16. The third-order valence-electron chi connectivity index (χ3n) is 5.09. The van der Waals surface area contributed by atoms with Crippen molar-refractivity contribution in [2.45, 2.75) is 38.0 Å². The summed E-state index contributed by atoms with van der Waals surface area (Å²) in [6.07, 6.45) is 3.95. The van der Waals surface area contributed by atoms with E-state index in [2.05, 4.69) is 17.0 Å². The monoisotopic (exact) mass is 300 g/mol. The zero-order chi connectivity index (χ0) is 15.4. The van der Waals surface area contributed by atoms with Gasteiger partial charge < -0.3 is 9.47 Å². The van der Waals surface area contributed by atoms with Crippen LogP contribution in [0.5, 0.6) is 0 Å². The standard InChI is InChI=1S/C18H24N2O2/c1-21-18-8-4-7-16(18)17-13-22-10-9-20(17)12-15-6-3-2-5-14(15)11-19/h2-3,5-6,16-18H,4,7-10,12-13H2,1H3/t16-,17+,18-/m1/s1. The third kappa shape index (κ3) is 3.17. The van der Waals surface area contributed by atoms with Crippen LogP contribution in [-0.4, -0.2) is 43.9 Å². The van der Waals surface area contributed by atoms with Crippen LogP contribution >= 0.6 is 0 Å². The van der Waals surface area contributed by atoms with Crippen LogP contribution in [-0.2, 0) is 16.0 Å². The number of methoxy groups -OCH3 is 1. The number of hydrogen-bond acceptors (Lipinski definition) is 4. The highest BCUT2D eigenvalue weighted by atomic mass is 16.5. The van der Waals surface area contributed by atoms with Crippen LogP contribution in [0.1, 0.15) is 30.4 Å². The highest BCUT2D eigenvalue weighted by Gasteiger charge is 2.38. The van der Waals surface area contributed by atoms with Gasteiger partial charge in [0.1, 0.15) is 0 Å². The first-order valence-corrected chi connectivity index (χ1v) is 8.16. The van der Waals surface area contributed by atoms with Crippen LogP contribution in [0.3, 0.4) is 0 Å². The van der Waals surface area contributed by atoms with Crippen LogP contribution in [0.15, 0.2) is 24.3 Å². The van der Waals surface area contributed by atoms with Crippen molar-refractivity contribution in [2.24, 2.45) is 5.92 Å². The first kappa shape index (κ1) is 15.5. The van der Waals surface area contributed by atoms with E-state index in [0.717, 1.165) is 43.9 Å². The summed E-state index contributed by atoms with van der Waals surface area (Å²) in [6, 6.07) is 10.6. The maximum atomic E-state index is 9.29. The molecule has 2 aliphatic rings. The van der Waals surface area contributed by atoms with Gasteiger partial charge in [-0.2, -0.15) is 5.26 Å². The number of nitrogens with zero attached hydrogens (tertiary/aromatic N) is 2. The van der Waals surface area contributed by atoms with E-state index in [0.29, 0.717) is 18.1 Å². The Morgan fingerprint density at radius 1 is 1.36 bits per heavy atom. The van der Waals surface area contributed by atoms with Crippen LogP contribution in [0.4, 0.5) is 0 Å². The van der Waals surface area contributed by atoms with Crippen LogP contribution in [0, 0.1) is 17.2 Å². The van der Waals surface area contributed by atoms with Gasteiger partial charge in [0.15, 0.2) is 0 Å². The molecule has 0 spiro atoms. The number of nitriles is 1. The summed E-state index contributed by atoms with van der Waals surface area (Å²) in [4.78, 5) is 2.49. The van der Waals surface area contributed by atoms with Crippen molar-refractivity contribution >= 4 is 0 Å². The zero-order valence-corrected chi connectivity index (χ0v) is 13.2. The van der Waals surface area contributed by atoms with Crippen molar-refractivity contribution in [3.8, 4) is 6.07 Å². The molecule has 0 unspecified atom stereocenters. The van der Waals surface area contributed by atoms with E-state index in [1.54, 1.807) is 0 Å². The van der Waals surface area contributed by atoms with Crippen molar-refractivity contribution in [1.29, 1.82) is 5.26 Å². The summed E-state index contributed by atoms with van der Waals surface area (Å²) in [6.45, 7) is 3.30. The lowest BCUT2D eigenvalue weighted by molar-refractivity contribution is -0.0608. The molecule has 1 heterocycles. The molecular weight excluding hydrogens is 276 g/mol. The molecule has 1 aromatic carbocycles. The molecule has 1 aliphatic carbocycles. The molecule has 0 aromatic heterocycles. The van der Waals surface area contributed by atoms with Crippen molar-refractivity contribution in [3.05, 3.63) is 35.4 Å². The van der Waals surface area contributed by atoms with Gasteiger partial charge in [-0.05, 0) is 24.5 Å². The smallest absolute Gasteiger partial charge is 0.0995 e. The van der Waals surface area contributed by atoms with Crippen LogP contribution < -0.4 is 0 Å². The summed E-state index contributed by atoms with van der Waals surface area (Å²) >= 11 is 0. The molecule has 4 nitrogen and oxygen atoms in total. The summed E-state index contributed by atoms with van der Waals surface area (Å²) in [5.74, 6) is 0.541. The second-order valence-corrected chi connectivity index (χ2v) is 6.25. The molecule has 0 bridgehead atoms. The molecule has 0 amide bonds. The minimum atomic E-state index is 0.348. The molecule has 2 fully saturated rings. The molecule has 3 rings (SSSR count). The van der Waals surface area contributed by atoms with Gasteiger partial charge in [0, 0.05) is 32.2 Å². The molecule has 3 atom stereocenters. The molecule has 4 heteroatoms. The number of benzene rings is 1. The normalized spacial score (nSPS) is 29.4. The van der Waals surface area contributed by atoms with Crippen molar-refractivity contribution in [2.75, 3.05) is 26.9 Å². The molecule has 1 saturated carbocycles. The first-order chi connectivity index (χ1) is 10.8. The fourth-order valence-corrected chi connectivity index (χ4v) is 3.92. The van der Waals surface area contributed by atoms with E-state index in [1.165, 1.54) is 12.8 Å². The van der Waals surface area contributed by atoms with Gasteiger partial charge >= 0.3 is 0 Å². The third-order valence-corrected chi connectivity index (χ3v) is 5.09. The van der Waals surface area contributed by atoms with E-state index < -0.39 is 0 Å². The summed E-state index contributed by atoms with van der Waals surface area (Å²) in [7, 11) is 1.82. The Bertz CT molecular complexity index is 540. The molecule has 118 valence electrons. The molecular formula is C18H24N2O2. The Labute approximate surface area is 132 Å². The van der Waals surface area contributed by atoms with Gasteiger partial charge in [-0.15, -0.1) is 0 Å². The second kappa shape index (κ2) is 7.23. The fraction of sp³-hybridized carbons (Fsp3) is 0.611. The SMILES string of the molecule is CO[C@@H]1CCC[C@@H]1[C@@H]1COCCN1Cc1ccccc1C#N. The van der Waals surface area contributed by atoms with Gasteiger partial charge in [-0.1, -0.05) is 24.6 Å². The van der Waals surface area contributed by atoms with Crippen molar-refractivity contribution in [3.63, 3.8) is 0 Å². The van der Waals surface area contributed by atoms with E-state index in [4.69, 9.17) is 9.47 Å². The lowest BCUT2D eigenvalue weighted by Gasteiger charge is -2.40. The highest BCUT2D eigenvalue weighted by molar-refractivity contribution is 5.37. The predicted octanol–water partition coefficient (Wildman–Crippen LogP) is 2.57. The van der Waals surface area contributed by atoms with Gasteiger partial charge in [-0.3, -0.25) is 4.90 Å². The van der Waals surface area contributed by atoms with E-state index in [-0.39, 0.29) is 0 Å². The molecule has 0 N–H and O–H groups in total. The van der Waals surface area contributed by atoms with E-state index >= 15 is 0 Å². The Balaban J connectivity index is 1.77. The van der Waals surface area contributed by atoms with Crippen molar-refractivity contribution < 1.29 is 9.47 Å². The Kier molecular flexibility index (Phi) is 5.09. The lowest BCUT2D eigenvalue weighted by atomic mass is 9.93. The largest absolute Gasteiger partial charge is 0.381 e. The summed E-state index contributed by atoms with van der Waals surface area (Å²) < 4.78 is 11.4. The molecule has 1 aliphatic heterocycles. The number of rotatable bonds is 4. The van der Waals surface area contributed by atoms with Crippen LogP contribution in [0.2, 0.25) is 0 Å². The molecule has 1 saturated heterocycles. The summed E-state index contributed by atoms with van der Waals surface area (Å²) in [5, 5.41) is 9.29. The van der Waals surface area contributed by atoms with Crippen molar-refractivity contribution in [1.82, 2.24) is 4.90 Å². The van der Waals surface area contributed by atoms with E-state index in [9.17, 15) is 5.26 Å². The molecule has 0 radical (unpaired) electrons. The average molecular weight is 300 g/mol. The minimum absolute atomic E-state index is 0.348. The number of morpholine rings is 1. The predicted molar refractivity (Wildman–Crippen MR) is 84.3 cm³/mol. The van der Waals surface area contributed by atoms with Gasteiger partial charge in [0.2, 0.25) is 0 Å². The van der Waals surface area contributed by atoms with E-state index in [1.807, 2.05) is 25.3 Å². The fourth-order valence-electron chi connectivity index (χ4n) is 3.92. The average Bonchev–Trinajstić information content (AvgIpc) is 3.04. The quantitative estimate of drug-likeness (QED) is 0.857. The second-order valence-electron chi connectivity index (χ2n) is 6.25.